The molecule has 0 aliphatic heterocycles. The van der Waals surface area contributed by atoms with Crippen molar-refractivity contribution in [3.63, 3.8) is 0 Å². The lowest BCUT2D eigenvalue weighted by Crippen LogP contribution is -2.54. The predicted octanol–water partition coefficient (Wildman–Crippen LogP) is 6.54. The van der Waals surface area contributed by atoms with Crippen molar-refractivity contribution < 1.29 is 22.4 Å². The van der Waals surface area contributed by atoms with Gasteiger partial charge in [-0.25, -0.2) is 12.8 Å². The molecule has 2 atom stereocenters. The lowest BCUT2D eigenvalue weighted by molar-refractivity contribution is -0.140. The van der Waals surface area contributed by atoms with Gasteiger partial charge in [0, 0.05) is 24.0 Å². The Hall–Kier alpha value is -4.21. The molecule has 1 N–H and O–H groups in total. The van der Waals surface area contributed by atoms with Gasteiger partial charge in [-0.1, -0.05) is 90.8 Å². The van der Waals surface area contributed by atoms with Gasteiger partial charge in [-0.15, -0.1) is 0 Å². The van der Waals surface area contributed by atoms with E-state index in [0.717, 1.165) is 21.5 Å². The van der Waals surface area contributed by atoms with Crippen molar-refractivity contribution in [3.8, 4) is 0 Å². The molecular weight excluding hydrogens is 613 g/mol. The molecule has 0 saturated carbocycles. The Labute approximate surface area is 269 Å². The molecule has 4 aromatic rings. The van der Waals surface area contributed by atoms with Gasteiger partial charge >= 0.3 is 0 Å². The molecule has 0 radical (unpaired) electrons. The van der Waals surface area contributed by atoms with E-state index in [1.807, 2.05) is 51.1 Å². The first-order valence-corrected chi connectivity index (χ1v) is 16.5. The minimum Gasteiger partial charge on any atom is -0.352 e. The number of benzene rings is 4. The van der Waals surface area contributed by atoms with Gasteiger partial charge in [0.1, 0.15) is 18.4 Å². The van der Waals surface area contributed by atoms with Crippen molar-refractivity contribution in [1.29, 1.82) is 0 Å². The molecule has 0 aromatic heterocycles. The van der Waals surface area contributed by atoms with Gasteiger partial charge in [0.2, 0.25) is 11.8 Å². The Morgan fingerprint density at radius 1 is 0.867 bits per heavy atom. The van der Waals surface area contributed by atoms with E-state index in [2.05, 4.69) is 5.32 Å². The average molecular weight is 650 g/mol. The molecule has 0 bridgehead atoms. The molecule has 0 aliphatic carbocycles. The minimum atomic E-state index is -4.40. The van der Waals surface area contributed by atoms with Crippen LogP contribution in [-0.2, 0) is 32.6 Å². The van der Waals surface area contributed by atoms with Crippen LogP contribution < -0.4 is 9.62 Å². The van der Waals surface area contributed by atoms with Crippen LogP contribution in [0.5, 0.6) is 0 Å². The molecule has 45 heavy (non-hydrogen) atoms. The van der Waals surface area contributed by atoms with Crippen LogP contribution in [0.1, 0.15) is 37.0 Å². The fourth-order valence-corrected chi connectivity index (χ4v) is 6.33. The van der Waals surface area contributed by atoms with Gasteiger partial charge < -0.3 is 10.2 Å². The van der Waals surface area contributed by atoms with E-state index in [0.29, 0.717) is 17.0 Å². The van der Waals surface area contributed by atoms with Crippen LogP contribution in [0, 0.1) is 12.7 Å². The van der Waals surface area contributed by atoms with Crippen LogP contribution >= 0.6 is 11.6 Å². The highest BCUT2D eigenvalue weighted by atomic mass is 35.5. The summed E-state index contributed by atoms with van der Waals surface area (Å²) in [5.74, 6) is -1.86. The molecule has 0 fully saturated rings. The molecule has 2 amide bonds. The number of sulfonamides is 1. The Kier molecular flexibility index (Phi) is 11.4. The first-order chi connectivity index (χ1) is 21.5. The minimum absolute atomic E-state index is 0.0167. The van der Waals surface area contributed by atoms with Crippen molar-refractivity contribution >= 4 is 39.1 Å². The smallest absolute Gasteiger partial charge is 0.264 e. The molecule has 0 heterocycles. The Morgan fingerprint density at radius 3 is 2.11 bits per heavy atom. The molecule has 0 spiro atoms. The highest BCUT2D eigenvalue weighted by molar-refractivity contribution is 7.92. The van der Waals surface area contributed by atoms with Crippen molar-refractivity contribution in [1.82, 2.24) is 10.2 Å². The maximum Gasteiger partial charge on any atom is 0.264 e. The third-order valence-corrected chi connectivity index (χ3v) is 9.57. The number of nitrogens with zero attached hydrogens (tertiary/aromatic N) is 2. The second kappa shape index (κ2) is 15.2. The van der Waals surface area contributed by atoms with Crippen LogP contribution in [0.3, 0.4) is 0 Å². The lowest BCUT2D eigenvalue weighted by Gasteiger charge is -2.34. The summed E-state index contributed by atoms with van der Waals surface area (Å²) >= 11 is 6.12. The maximum atomic E-state index is 15.2. The van der Waals surface area contributed by atoms with Crippen LogP contribution in [-0.4, -0.2) is 43.8 Å². The molecule has 4 rings (SSSR count). The van der Waals surface area contributed by atoms with Crippen LogP contribution in [0.2, 0.25) is 5.02 Å². The lowest BCUT2D eigenvalue weighted by atomic mass is 10.0. The molecule has 236 valence electrons. The highest BCUT2D eigenvalue weighted by Gasteiger charge is 2.35. The number of hydrogen-bond donors (Lipinski definition) is 1. The third-order valence-electron chi connectivity index (χ3n) is 7.55. The topological polar surface area (TPSA) is 86.8 Å². The van der Waals surface area contributed by atoms with Crippen molar-refractivity contribution in [2.45, 2.75) is 57.1 Å². The number of carbonyl (C=O) groups excluding carboxylic acids is 2. The van der Waals surface area contributed by atoms with Gasteiger partial charge in [0.05, 0.1) is 10.6 Å². The zero-order chi connectivity index (χ0) is 32.6. The van der Waals surface area contributed by atoms with Gasteiger partial charge in [0.25, 0.3) is 10.0 Å². The number of rotatable bonds is 13. The van der Waals surface area contributed by atoms with E-state index < -0.39 is 34.3 Å². The van der Waals surface area contributed by atoms with E-state index >= 15 is 4.39 Å². The maximum absolute atomic E-state index is 15.2. The average Bonchev–Trinajstić information content (AvgIpc) is 3.03. The number of carbonyl (C=O) groups is 2. The normalized spacial score (nSPS) is 12.6. The zero-order valence-electron chi connectivity index (χ0n) is 25.5. The number of amides is 2. The van der Waals surface area contributed by atoms with Gasteiger partial charge in [-0.05, 0) is 67.8 Å². The van der Waals surface area contributed by atoms with E-state index in [9.17, 15) is 18.0 Å². The Balaban J connectivity index is 1.81. The molecule has 0 unspecified atom stereocenters. The van der Waals surface area contributed by atoms with E-state index in [-0.39, 0.29) is 35.5 Å². The van der Waals surface area contributed by atoms with Crippen molar-refractivity contribution in [2.75, 3.05) is 10.8 Å². The summed E-state index contributed by atoms with van der Waals surface area (Å²) in [6, 6.07) is 26.5. The monoisotopic (exact) mass is 649 g/mol. The Bertz CT molecular complexity index is 1700. The van der Waals surface area contributed by atoms with E-state index in [4.69, 9.17) is 11.6 Å². The van der Waals surface area contributed by atoms with Crippen LogP contribution in [0.4, 0.5) is 10.1 Å². The molecular formula is C35H37ClFN3O4S. The molecule has 0 aliphatic rings. The first-order valence-electron chi connectivity index (χ1n) is 14.7. The fraction of sp³-hybridized carbons (Fsp3) is 0.257. The van der Waals surface area contributed by atoms with Crippen molar-refractivity contribution in [3.05, 3.63) is 131 Å². The second-order valence-corrected chi connectivity index (χ2v) is 13.2. The summed E-state index contributed by atoms with van der Waals surface area (Å²) in [5, 5.41) is 3.49. The van der Waals surface area contributed by atoms with Crippen LogP contribution in [0.15, 0.2) is 108 Å². The fourth-order valence-electron chi connectivity index (χ4n) is 4.79. The van der Waals surface area contributed by atoms with Crippen LogP contribution in [0.25, 0.3) is 0 Å². The summed E-state index contributed by atoms with van der Waals surface area (Å²) in [7, 11) is -4.40. The van der Waals surface area contributed by atoms with Crippen molar-refractivity contribution in [2.24, 2.45) is 0 Å². The standard InChI is InChI=1S/C35H37ClFN3O4S/c1-4-26(3)38-35(42)33(22-27-10-6-5-7-11-27)39(23-28-16-18-29(36)19-17-28)34(41)24-40(32-13-9-8-12-31(32)37)45(43,44)30-20-14-25(2)15-21-30/h5-21,26,33H,4,22-24H2,1-3H3,(H,38,42)/t26-,33+/m1/s1. The Morgan fingerprint density at radius 2 is 1.49 bits per heavy atom. The number of anilines is 1. The number of hydrogen-bond acceptors (Lipinski definition) is 4. The summed E-state index contributed by atoms with van der Waals surface area (Å²) in [4.78, 5) is 29.5. The molecule has 10 heteroatoms. The number of nitrogens with one attached hydrogen (secondary N) is 1. The largest absolute Gasteiger partial charge is 0.352 e. The summed E-state index contributed by atoms with van der Waals surface area (Å²) in [5.41, 5.74) is 2.06. The van der Waals surface area contributed by atoms with Gasteiger partial charge in [-0.3, -0.25) is 13.9 Å². The van der Waals surface area contributed by atoms with E-state index in [1.165, 1.54) is 35.2 Å². The second-order valence-electron chi connectivity index (χ2n) is 10.9. The SMILES string of the molecule is CC[C@@H](C)NC(=O)[C@H](Cc1ccccc1)N(Cc1ccc(Cl)cc1)C(=O)CN(c1ccccc1F)S(=O)(=O)c1ccc(C)cc1. The summed E-state index contributed by atoms with van der Waals surface area (Å²) in [6.07, 6.45) is 0.845. The number of aryl methyl sites for hydroxylation is 1. The first kappa shape index (κ1) is 33.7. The predicted molar refractivity (Wildman–Crippen MR) is 176 cm³/mol. The highest BCUT2D eigenvalue weighted by Crippen LogP contribution is 2.27. The molecule has 4 aromatic carbocycles. The zero-order valence-corrected chi connectivity index (χ0v) is 27.1. The van der Waals surface area contributed by atoms with Gasteiger partial charge in [0.15, 0.2) is 0 Å². The number of para-hydroxylation sites is 1. The number of halogens is 2. The summed E-state index contributed by atoms with van der Waals surface area (Å²) in [6.45, 7) is 4.87. The summed E-state index contributed by atoms with van der Waals surface area (Å²) < 4.78 is 44.1. The van der Waals surface area contributed by atoms with Gasteiger partial charge in [-0.2, -0.15) is 0 Å². The van der Waals surface area contributed by atoms with E-state index in [1.54, 1.807) is 36.4 Å². The molecule has 7 nitrogen and oxygen atoms in total. The molecule has 0 saturated heterocycles. The third kappa shape index (κ3) is 8.71. The quantitative estimate of drug-likeness (QED) is 0.178.